The summed E-state index contributed by atoms with van der Waals surface area (Å²) in [5.41, 5.74) is 2.64. The van der Waals surface area contributed by atoms with Crippen molar-refractivity contribution in [1.82, 2.24) is 44.6 Å². The van der Waals surface area contributed by atoms with Crippen LogP contribution in [0.3, 0.4) is 0 Å². The van der Waals surface area contributed by atoms with Gasteiger partial charge in [0.1, 0.15) is 6.10 Å². The molecule has 2 fully saturated rings. The van der Waals surface area contributed by atoms with E-state index in [1.165, 1.54) is 15.7 Å². The number of benzene rings is 2. The zero-order valence-corrected chi connectivity index (χ0v) is 28.6. The highest BCUT2D eigenvalue weighted by molar-refractivity contribution is 5.84. The lowest BCUT2D eigenvalue weighted by molar-refractivity contribution is -0.211. The quantitative estimate of drug-likeness (QED) is 0.191. The molecule has 2 aromatic carbocycles. The number of halogens is 3. The summed E-state index contributed by atoms with van der Waals surface area (Å²) in [5, 5.41) is 26.7. The molecule has 52 heavy (non-hydrogen) atoms. The molecular formula is C34H38F3N11O4. The lowest BCUT2D eigenvalue weighted by Crippen LogP contribution is -2.38. The molecule has 0 saturated carbocycles. The third kappa shape index (κ3) is 7.00. The van der Waals surface area contributed by atoms with Crippen LogP contribution in [0, 0.1) is 0 Å². The van der Waals surface area contributed by atoms with Gasteiger partial charge in [0, 0.05) is 31.6 Å². The first-order valence-electron chi connectivity index (χ1n) is 16.9. The van der Waals surface area contributed by atoms with E-state index in [9.17, 15) is 23.1 Å². The van der Waals surface area contributed by atoms with E-state index in [4.69, 9.17) is 19.4 Å². The van der Waals surface area contributed by atoms with Crippen molar-refractivity contribution in [2.45, 2.75) is 62.6 Å². The average molecular weight is 722 g/mol. The van der Waals surface area contributed by atoms with Gasteiger partial charge in [-0.3, -0.25) is 4.57 Å². The predicted octanol–water partition coefficient (Wildman–Crippen LogP) is 3.32. The summed E-state index contributed by atoms with van der Waals surface area (Å²) in [4.78, 5) is 31.9. The molecule has 0 radical (unpaired) electrons. The fourth-order valence-electron chi connectivity index (χ4n) is 6.61. The monoisotopic (exact) mass is 721 g/mol. The summed E-state index contributed by atoms with van der Waals surface area (Å²) in [6.07, 6.45) is -9.68. The van der Waals surface area contributed by atoms with E-state index < -0.39 is 36.7 Å². The van der Waals surface area contributed by atoms with Gasteiger partial charge in [0.25, 0.3) is 0 Å². The minimum Gasteiger partial charge on any atom is -0.448 e. The zero-order valence-electron chi connectivity index (χ0n) is 28.6. The number of nitrogens with one attached hydrogen (secondary N) is 1. The van der Waals surface area contributed by atoms with Crippen LogP contribution < -0.4 is 10.2 Å². The van der Waals surface area contributed by atoms with Gasteiger partial charge in [-0.25, -0.2) is 9.78 Å². The number of imidazole rings is 1. The van der Waals surface area contributed by atoms with Crippen molar-refractivity contribution in [2.24, 2.45) is 0 Å². The molecule has 18 heteroatoms. The number of aliphatic hydroxyl groups excluding tert-OH is 1. The normalized spacial score (nSPS) is 22.2. The van der Waals surface area contributed by atoms with E-state index in [1.54, 1.807) is 6.92 Å². The summed E-state index contributed by atoms with van der Waals surface area (Å²) in [6.45, 7) is 3.81. The Morgan fingerprint density at radius 1 is 1.10 bits per heavy atom. The maximum atomic E-state index is 13.5. The second-order valence-electron chi connectivity index (χ2n) is 12.9. The van der Waals surface area contributed by atoms with E-state index in [-0.39, 0.29) is 23.4 Å². The Hall–Kier alpha value is -5.20. The van der Waals surface area contributed by atoms with Gasteiger partial charge in [-0.2, -0.15) is 27.9 Å². The van der Waals surface area contributed by atoms with Crippen molar-refractivity contribution in [3.05, 3.63) is 83.9 Å². The predicted molar refractivity (Wildman–Crippen MR) is 181 cm³/mol. The lowest BCUT2D eigenvalue weighted by Gasteiger charge is -2.24. The first-order valence-corrected chi connectivity index (χ1v) is 16.9. The number of aliphatic hydroxyl groups is 1. The van der Waals surface area contributed by atoms with E-state index in [2.05, 4.69) is 54.9 Å². The molecule has 2 aliphatic rings. The molecule has 0 unspecified atom stereocenters. The Kier molecular flexibility index (Phi) is 9.78. The van der Waals surface area contributed by atoms with Crippen molar-refractivity contribution in [3.8, 4) is 0 Å². The van der Waals surface area contributed by atoms with Crippen molar-refractivity contribution in [1.29, 1.82) is 0 Å². The summed E-state index contributed by atoms with van der Waals surface area (Å²) < 4.78 is 52.8. The Labute approximate surface area is 296 Å². The molecule has 3 aromatic heterocycles. The molecule has 2 saturated heterocycles. The Morgan fingerprint density at radius 3 is 2.38 bits per heavy atom. The highest BCUT2D eigenvalue weighted by Crippen LogP contribution is 2.42. The third-order valence-electron chi connectivity index (χ3n) is 9.43. The maximum absolute atomic E-state index is 13.5. The molecule has 0 aliphatic carbocycles. The number of aromatic nitrogens is 8. The van der Waals surface area contributed by atoms with Gasteiger partial charge in [0.15, 0.2) is 35.4 Å². The molecule has 0 amide bonds. The number of rotatable bonds is 11. The minimum atomic E-state index is -5.33. The molecular weight excluding hydrogens is 683 g/mol. The number of ether oxygens (including phenoxy) is 2. The van der Waals surface area contributed by atoms with Crippen LogP contribution in [0.15, 0.2) is 67.0 Å². The van der Waals surface area contributed by atoms with Gasteiger partial charge in [0.2, 0.25) is 11.8 Å². The van der Waals surface area contributed by atoms with E-state index >= 15 is 0 Å². The molecule has 274 valence electrons. The van der Waals surface area contributed by atoms with Crippen LogP contribution in [0.25, 0.3) is 11.2 Å². The number of likely N-dealkylation sites (N-methyl/N-ethyl adjacent to an activating group) is 1. The third-order valence-corrected chi connectivity index (χ3v) is 9.43. The van der Waals surface area contributed by atoms with Crippen molar-refractivity contribution in [3.63, 3.8) is 0 Å². The van der Waals surface area contributed by atoms with Crippen LogP contribution in [-0.2, 0) is 20.8 Å². The Balaban J connectivity index is 1.30. The van der Waals surface area contributed by atoms with Crippen LogP contribution in [0.4, 0.5) is 24.9 Å². The summed E-state index contributed by atoms with van der Waals surface area (Å²) in [7, 11) is 4.01. The largest absolute Gasteiger partial charge is 0.490 e. The number of nitrogens with zero attached hydrogens (tertiary/aromatic N) is 10. The molecule has 2 N–H and O–H groups in total. The van der Waals surface area contributed by atoms with Crippen molar-refractivity contribution >= 4 is 28.9 Å². The van der Waals surface area contributed by atoms with E-state index in [1.807, 2.05) is 55.4 Å². The smallest absolute Gasteiger partial charge is 0.448 e. The number of fused-ring (bicyclic) bond motifs is 1. The van der Waals surface area contributed by atoms with Gasteiger partial charge < -0.3 is 29.7 Å². The standard InChI is InChI=1S/C34H38F3N11O4/c1-4-48-43-29(42-44-48)26-25(49)27(52-32(50)34(35,36)37)31(51-26)47-19-39-24-28(40-33(41-30(24)47)46-16-15-22(18-46)45(2)3)38-17-23(20-11-7-5-8-12-20)21-13-9-6-10-14-21/h5-14,19,22-23,25-27,31,49H,4,15-18H2,1-3H3,(H,38,40,41)/t22-,25-,26+,27-,31-/m1/s1. The van der Waals surface area contributed by atoms with Crippen molar-refractivity contribution in [2.75, 3.05) is 43.9 Å². The average Bonchev–Trinajstić information content (AvgIpc) is 3.95. The molecule has 15 nitrogen and oxygen atoms in total. The molecule has 7 rings (SSSR count). The molecule has 5 aromatic rings. The molecule has 5 atom stereocenters. The van der Waals surface area contributed by atoms with Gasteiger partial charge in [-0.15, -0.1) is 10.2 Å². The van der Waals surface area contributed by atoms with Crippen LogP contribution in [0.2, 0.25) is 0 Å². The fourth-order valence-corrected chi connectivity index (χ4v) is 6.61. The molecule has 2 aliphatic heterocycles. The summed E-state index contributed by atoms with van der Waals surface area (Å²) in [5.74, 6) is -1.91. The van der Waals surface area contributed by atoms with E-state index in [0.29, 0.717) is 43.5 Å². The topological polar surface area (TPSA) is 161 Å². The molecule has 0 spiro atoms. The first-order chi connectivity index (χ1) is 25.0. The van der Waals surface area contributed by atoms with Crippen LogP contribution in [-0.4, -0.2) is 114 Å². The van der Waals surface area contributed by atoms with Crippen LogP contribution in [0.5, 0.6) is 0 Å². The SMILES string of the molecule is CCn1nnc([C@H]2O[C@@H](n3cnc4c(NCC(c5ccccc5)c5ccccc5)nc(N5CC[C@@H](N(C)C)C5)nc43)[C@H](OC(=O)C(F)(F)F)[C@@H]2O)n1. The highest BCUT2D eigenvalue weighted by atomic mass is 19.4. The summed E-state index contributed by atoms with van der Waals surface area (Å²) >= 11 is 0. The zero-order chi connectivity index (χ0) is 36.6. The number of hydrogen-bond acceptors (Lipinski definition) is 13. The number of carbonyl (C=O) groups excluding carboxylic acids is 1. The van der Waals surface area contributed by atoms with Crippen molar-refractivity contribution < 1.29 is 32.5 Å². The van der Waals surface area contributed by atoms with Gasteiger partial charge in [-0.05, 0) is 43.8 Å². The maximum Gasteiger partial charge on any atom is 0.490 e. The molecule has 0 bridgehead atoms. The lowest BCUT2D eigenvalue weighted by atomic mass is 9.91. The highest BCUT2D eigenvalue weighted by Gasteiger charge is 2.53. The number of alkyl halides is 3. The van der Waals surface area contributed by atoms with Gasteiger partial charge in [0.05, 0.1) is 12.9 Å². The Morgan fingerprint density at radius 2 is 1.79 bits per heavy atom. The summed E-state index contributed by atoms with van der Waals surface area (Å²) in [6, 6.07) is 20.3. The Bertz CT molecular complexity index is 1950. The fraction of sp³-hybridized carbons (Fsp3) is 0.441. The first kappa shape index (κ1) is 35.2. The second-order valence-corrected chi connectivity index (χ2v) is 12.9. The molecule has 5 heterocycles. The van der Waals surface area contributed by atoms with Gasteiger partial charge >= 0.3 is 12.1 Å². The van der Waals surface area contributed by atoms with Crippen LogP contribution >= 0.6 is 0 Å². The number of esters is 1. The van der Waals surface area contributed by atoms with Gasteiger partial charge in [-0.1, -0.05) is 60.7 Å². The van der Waals surface area contributed by atoms with E-state index in [0.717, 1.165) is 17.5 Å². The van der Waals surface area contributed by atoms with Crippen LogP contribution in [0.1, 0.15) is 48.5 Å². The number of hydrogen-bond donors (Lipinski definition) is 2. The second kappa shape index (κ2) is 14.4. The number of anilines is 2. The number of tetrazole rings is 1. The minimum absolute atomic E-state index is 0.0767. The number of aryl methyl sites for hydroxylation is 1. The number of carbonyl (C=O) groups is 1.